The first-order valence-corrected chi connectivity index (χ1v) is 10.1. The number of para-hydroxylation sites is 2. The quantitative estimate of drug-likeness (QED) is 0.453. The van der Waals surface area contributed by atoms with Gasteiger partial charge in [0.15, 0.2) is 6.61 Å². The molecule has 0 unspecified atom stereocenters. The SMILES string of the molecule is COc1ccc(Cl)cc1-n1c(C)cc(C(=O)OCC(=O)Nc2ccccc2OC(F)F)c1C. The van der Waals surface area contributed by atoms with Gasteiger partial charge >= 0.3 is 12.6 Å². The number of aryl methyl sites for hydroxylation is 1. The molecule has 174 valence electrons. The minimum atomic E-state index is -3.05. The Morgan fingerprint density at radius 2 is 1.82 bits per heavy atom. The summed E-state index contributed by atoms with van der Waals surface area (Å²) < 4.78 is 41.7. The number of nitrogens with one attached hydrogen (secondary N) is 1. The molecule has 1 heterocycles. The van der Waals surface area contributed by atoms with E-state index in [1.165, 1.54) is 25.3 Å². The molecule has 1 N–H and O–H groups in total. The summed E-state index contributed by atoms with van der Waals surface area (Å²) in [6.45, 7) is -0.140. The van der Waals surface area contributed by atoms with Crippen LogP contribution in [0.2, 0.25) is 5.02 Å². The number of anilines is 1. The molecule has 3 rings (SSSR count). The van der Waals surface area contributed by atoms with Crippen molar-refractivity contribution < 1.29 is 32.6 Å². The molecule has 0 bridgehead atoms. The molecule has 0 radical (unpaired) electrons. The van der Waals surface area contributed by atoms with E-state index in [2.05, 4.69) is 10.1 Å². The van der Waals surface area contributed by atoms with Gasteiger partial charge in [0, 0.05) is 16.4 Å². The number of halogens is 3. The van der Waals surface area contributed by atoms with Crippen LogP contribution in [0.3, 0.4) is 0 Å². The fourth-order valence-corrected chi connectivity index (χ4v) is 3.51. The first kappa shape index (κ1) is 24.1. The van der Waals surface area contributed by atoms with Crippen molar-refractivity contribution in [3.8, 4) is 17.2 Å². The van der Waals surface area contributed by atoms with E-state index >= 15 is 0 Å². The van der Waals surface area contributed by atoms with Gasteiger partial charge in [0.25, 0.3) is 5.91 Å². The molecule has 0 aliphatic rings. The van der Waals surface area contributed by atoms with E-state index in [1.807, 2.05) is 0 Å². The molecule has 0 saturated carbocycles. The van der Waals surface area contributed by atoms with Crippen molar-refractivity contribution in [3.63, 3.8) is 0 Å². The summed E-state index contributed by atoms with van der Waals surface area (Å²) in [7, 11) is 1.53. The lowest BCUT2D eigenvalue weighted by atomic mass is 10.2. The molecular weight excluding hydrogens is 458 g/mol. The van der Waals surface area contributed by atoms with Gasteiger partial charge < -0.3 is 24.1 Å². The highest BCUT2D eigenvalue weighted by molar-refractivity contribution is 6.30. The molecule has 0 aliphatic heterocycles. The van der Waals surface area contributed by atoms with E-state index in [4.69, 9.17) is 21.1 Å². The van der Waals surface area contributed by atoms with Crippen LogP contribution in [0.4, 0.5) is 14.5 Å². The number of carbonyl (C=O) groups excluding carboxylic acids is 2. The van der Waals surface area contributed by atoms with Crippen molar-refractivity contribution in [2.75, 3.05) is 19.0 Å². The smallest absolute Gasteiger partial charge is 0.387 e. The fraction of sp³-hybridized carbons (Fsp3) is 0.217. The first-order chi connectivity index (χ1) is 15.7. The Kier molecular flexibility index (Phi) is 7.55. The lowest BCUT2D eigenvalue weighted by molar-refractivity contribution is -0.119. The van der Waals surface area contributed by atoms with Crippen LogP contribution in [0, 0.1) is 13.8 Å². The lowest BCUT2D eigenvalue weighted by Gasteiger charge is -2.14. The second kappa shape index (κ2) is 10.4. The highest BCUT2D eigenvalue weighted by atomic mass is 35.5. The van der Waals surface area contributed by atoms with Crippen LogP contribution < -0.4 is 14.8 Å². The molecule has 1 amide bonds. The first-order valence-electron chi connectivity index (χ1n) is 9.75. The van der Waals surface area contributed by atoms with Gasteiger partial charge in [-0.25, -0.2) is 4.79 Å². The number of methoxy groups -OCH3 is 1. The second-order valence-corrected chi connectivity index (χ2v) is 7.37. The summed E-state index contributed by atoms with van der Waals surface area (Å²) in [5, 5.41) is 2.89. The van der Waals surface area contributed by atoms with Crippen molar-refractivity contribution in [2.45, 2.75) is 20.5 Å². The highest BCUT2D eigenvalue weighted by Gasteiger charge is 2.21. The third kappa shape index (κ3) is 5.61. The average molecular weight is 479 g/mol. The predicted octanol–water partition coefficient (Wildman–Crippen LogP) is 5.15. The van der Waals surface area contributed by atoms with Gasteiger partial charge in [-0.2, -0.15) is 8.78 Å². The minimum absolute atomic E-state index is 0.0325. The summed E-state index contributed by atoms with van der Waals surface area (Å²) >= 11 is 6.13. The van der Waals surface area contributed by atoms with Crippen molar-refractivity contribution in [3.05, 3.63) is 70.5 Å². The summed E-state index contributed by atoms with van der Waals surface area (Å²) in [6.07, 6.45) is 0. The highest BCUT2D eigenvalue weighted by Crippen LogP contribution is 2.31. The molecule has 1 aromatic heterocycles. The van der Waals surface area contributed by atoms with Crippen LogP contribution >= 0.6 is 11.6 Å². The van der Waals surface area contributed by atoms with Crippen LogP contribution in [-0.2, 0) is 9.53 Å². The monoisotopic (exact) mass is 478 g/mol. The third-order valence-electron chi connectivity index (χ3n) is 4.74. The Bertz CT molecular complexity index is 1180. The number of nitrogens with zero attached hydrogens (tertiary/aromatic N) is 1. The summed E-state index contributed by atoms with van der Waals surface area (Å²) in [5.74, 6) is -1.07. The number of alkyl halides is 2. The number of hydrogen-bond donors (Lipinski definition) is 1. The third-order valence-corrected chi connectivity index (χ3v) is 4.98. The van der Waals surface area contributed by atoms with E-state index in [9.17, 15) is 18.4 Å². The van der Waals surface area contributed by atoms with E-state index in [1.54, 1.807) is 48.7 Å². The number of ether oxygens (including phenoxy) is 3. The number of hydrogen-bond acceptors (Lipinski definition) is 5. The maximum Gasteiger partial charge on any atom is 0.387 e. The van der Waals surface area contributed by atoms with E-state index < -0.39 is 25.1 Å². The number of esters is 1. The molecule has 0 aliphatic carbocycles. The Morgan fingerprint density at radius 3 is 2.52 bits per heavy atom. The number of benzene rings is 2. The molecule has 2 aromatic carbocycles. The Morgan fingerprint density at radius 1 is 1.09 bits per heavy atom. The molecule has 0 saturated heterocycles. The molecule has 0 spiro atoms. The Balaban J connectivity index is 1.73. The normalized spacial score (nSPS) is 10.8. The van der Waals surface area contributed by atoms with Gasteiger partial charge in [0.1, 0.15) is 11.5 Å². The summed E-state index contributed by atoms with van der Waals surface area (Å²) in [6, 6.07) is 12.4. The van der Waals surface area contributed by atoms with Crippen LogP contribution in [0.5, 0.6) is 11.5 Å². The molecule has 0 fully saturated rings. The molecule has 33 heavy (non-hydrogen) atoms. The number of aromatic nitrogens is 1. The summed E-state index contributed by atoms with van der Waals surface area (Å²) in [4.78, 5) is 24.9. The second-order valence-electron chi connectivity index (χ2n) is 6.94. The van der Waals surface area contributed by atoms with Crippen LogP contribution in [0.15, 0.2) is 48.5 Å². The van der Waals surface area contributed by atoms with Gasteiger partial charge in [-0.1, -0.05) is 23.7 Å². The van der Waals surface area contributed by atoms with Crippen LogP contribution in [0.25, 0.3) is 5.69 Å². The number of carbonyl (C=O) groups is 2. The van der Waals surface area contributed by atoms with Crippen molar-refractivity contribution in [1.29, 1.82) is 0 Å². The van der Waals surface area contributed by atoms with Crippen molar-refractivity contribution in [1.82, 2.24) is 4.57 Å². The number of amides is 1. The molecule has 3 aromatic rings. The average Bonchev–Trinajstić information content (AvgIpc) is 3.07. The Hall–Kier alpha value is -3.59. The topological polar surface area (TPSA) is 78.8 Å². The van der Waals surface area contributed by atoms with E-state index in [-0.39, 0.29) is 17.0 Å². The van der Waals surface area contributed by atoms with E-state index in [0.29, 0.717) is 22.2 Å². The zero-order valence-corrected chi connectivity index (χ0v) is 18.8. The zero-order chi connectivity index (χ0) is 24.1. The molecule has 10 heteroatoms. The van der Waals surface area contributed by atoms with Gasteiger partial charge in [0.05, 0.1) is 24.0 Å². The Labute approximate surface area is 193 Å². The van der Waals surface area contributed by atoms with Gasteiger partial charge in [-0.3, -0.25) is 4.79 Å². The van der Waals surface area contributed by atoms with Gasteiger partial charge in [-0.15, -0.1) is 0 Å². The lowest BCUT2D eigenvalue weighted by Crippen LogP contribution is -2.21. The maximum atomic E-state index is 12.7. The van der Waals surface area contributed by atoms with E-state index in [0.717, 1.165) is 5.69 Å². The van der Waals surface area contributed by atoms with Gasteiger partial charge in [0.2, 0.25) is 0 Å². The predicted molar refractivity (Wildman–Crippen MR) is 119 cm³/mol. The number of rotatable bonds is 8. The van der Waals surface area contributed by atoms with Crippen molar-refractivity contribution >= 4 is 29.2 Å². The largest absolute Gasteiger partial charge is 0.495 e. The summed E-state index contributed by atoms with van der Waals surface area (Å²) in [5.41, 5.74) is 2.22. The van der Waals surface area contributed by atoms with Crippen molar-refractivity contribution in [2.24, 2.45) is 0 Å². The minimum Gasteiger partial charge on any atom is -0.495 e. The van der Waals surface area contributed by atoms with Crippen LogP contribution in [0.1, 0.15) is 21.7 Å². The van der Waals surface area contributed by atoms with Crippen LogP contribution in [-0.4, -0.2) is 36.8 Å². The maximum absolute atomic E-state index is 12.7. The zero-order valence-electron chi connectivity index (χ0n) is 18.0. The molecule has 0 atom stereocenters. The molecule has 7 nitrogen and oxygen atoms in total. The van der Waals surface area contributed by atoms with Gasteiger partial charge in [-0.05, 0) is 50.2 Å². The fourth-order valence-electron chi connectivity index (χ4n) is 3.34. The molecular formula is C23H21ClF2N2O5. The standard InChI is InChI=1S/C23H21ClF2N2O5/c1-13-10-16(14(2)28(13)18-11-15(24)8-9-20(18)31-3)22(30)32-12-21(29)27-17-6-4-5-7-19(17)33-23(25)26/h4-11,23H,12H2,1-3H3,(H,27,29).